The molecule has 1 aliphatic rings. The highest BCUT2D eigenvalue weighted by Gasteiger charge is 2.18. The second-order valence-corrected chi connectivity index (χ2v) is 8.29. The van der Waals surface area contributed by atoms with Gasteiger partial charge in [0.25, 0.3) is 0 Å². The van der Waals surface area contributed by atoms with Crippen LogP contribution in [0.4, 0.5) is 0 Å². The Hall–Kier alpha value is -2.28. The summed E-state index contributed by atoms with van der Waals surface area (Å²) >= 11 is 0. The number of rotatable bonds is 7. The Kier molecular flexibility index (Phi) is 8.76. The number of carbonyl (C=O) groups is 1. The molecule has 0 unspecified atom stereocenters. The number of para-hydroxylation sites is 1. The van der Waals surface area contributed by atoms with E-state index in [9.17, 15) is 4.79 Å². The van der Waals surface area contributed by atoms with E-state index in [4.69, 9.17) is 9.73 Å². The minimum absolute atomic E-state index is 0.167. The van der Waals surface area contributed by atoms with Crippen LogP contribution in [0.3, 0.4) is 0 Å². The molecule has 7 nitrogen and oxygen atoms in total. The Morgan fingerprint density at radius 3 is 2.45 bits per heavy atom. The topological polar surface area (TPSA) is 69.2 Å². The largest absolute Gasteiger partial charge is 0.488 e. The molecule has 0 aromatic heterocycles. The zero-order chi connectivity index (χ0) is 21.3. The zero-order valence-electron chi connectivity index (χ0n) is 18.6. The van der Waals surface area contributed by atoms with Gasteiger partial charge in [0.15, 0.2) is 5.96 Å². The van der Waals surface area contributed by atoms with Crippen LogP contribution in [0.5, 0.6) is 5.75 Å². The molecule has 1 amide bonds. The van der Waals surface area contributed by atoms with Crippen LogP contribution in [0.15, 0.2) is 29.3 Å². The zero-order valence-corrected chi connectivity index (χ0v) is 18.6. The van der Waals surface area contributed by atoms with E-state index >= 15 is 0 Å². The molecule has 0 atom stereocenters. The summed E-state index contributed by atoms with van der Waals surface area (Å²) in [5, 5.41) is 6.72. The number of benzene rings is 1. The molecule has 1 aromatic rings. The molecule has 1 fully saturated rings. The van der Waals surface area contributed by atoms with Crippen molar-refractivity contribution in [3.8, 4) is 5.75 Å². The van der Waals surface area contributed by atoms with E-state index in [1.165, 1.54) is 0 Å². The number of carbonyl (C=O) groups excluding carboxylic acids is 1. The maximum absolute atomic E-state index is 11.4. The monoisotopic (exact) mass is 403 g/mol. The Bertz CT molecular complexity index is 676. The minimum atomic E-state index is -0.241. The van der Waals surface area contributed by atoms with Crippen molar-refractivity contribution in [2.75, 3.05) is 45.8 Å². The van der Waals surface area contributed by atoms with E-state index < -0.39 is 0 Å². The number of guanidine groups is 1. The normalized spacial score (nSPS) is 15.9. The van der Waals surface area contributed by atoms with Crippen molar-refractivity contribution in [2.24, 2.45) is 4.99 Å². The fourth-order valence-electron chi connectivity index (χ4n) is 3.19. The average molecular weight is 404 g/mol. The van der Waals surface area contributed by atoms with Crippen LogP contribution in [-0.4, -0.2) is 73.1 Å². The molecule has 0 radical (unpaired) electrons. The maximum atomic E-state index is 11.4. The summed E-state index contributed by atoms with van der Waals surface area (Å²) in [4.78, 5) is 20.5. The second-order valence-electron chi connectivity index (χ2n) is 8.29. The van der Waals surface area contributed by atoms with Gasteiger partial charge in [0, 0.05) is 58.3 Å². The first kappa shape index (κ1) is 23.0. The fraction of sp³-hybridized carbons (Fsp3) is 0.636. The van der Waals surface area contributed by atoms with E-state index in [0.29, 0.717) is 6.54 Å². The molecule has 29 heavy (non-hydrogen) atoms. The summed E-state index contributed by atoms with van der Waals surface area (Å²) in [6.07, 6.45) is 0. The molecule has 1 aromatic carbocycles. The molecule has 7 heteroatoms. The van der Waals surface area contributed by atoms with Crippen molar-refractivity contribution in [2.45, 2.75) is 46.8 Å². The Labute approximate surface area is 175 Å². The quantitative estimate of drug-likeness (QED) is 0.539. The van der Waals surface area contributed by atoms with Crippen LogP contribution in [0.2, 0.25) is 0 Å². The summed E-state index contributed by atoms with van der Waals surface area (Å²) in [5.41, 5.74) is 0.828. The number of piperazine rings is 1. The minimum Gasteiger partial charge on any atom is -0.488 e. The molecular formula is C22H37N5O2. The van der Waals surface area contributed by atoms with Crippen LogP contribution in [0, 0.1) is 0 Å². The fourth-order valence-corrected chi connectivity index (χ4v) is 3.19. The molecule has 1 saturated heterocycles. The molecule has 1 heterocycles. The molecule has 0 spiro atoms. The van der Waals surface area contributed by atoms with Gasteiger partial charge < -0.3 is 20.3 Å². The summed E-state index contributed by atoms with van der Waals surface area (Å²) in [5.74, 6) is 1.85. The molecule has 2 rings (SSSR count). The number of ether oxygens (including phenoxy) is 1. The summed E-state index contributed by atoms with van der Waals surface area (Å²) in [6.45, 7) is 16.4. The van der Waals surface area contributed by atoms with Crippen LogP contribution in [0.25, 0.3) is 0 Å². The van der Waals surface area contributed by atoms with Crippen LogP contribution < -0.4 is 15.4 Å². The van der Waals surface area contributed by atoms with Gasteiger partial charge >= 0.3 is 0 Å². The Morgan fingerprint density at radius 1 is 1.14 bits per heavy atom. The number of aliphatic imine (C=N–C) groups is 1. The van der Waals surface area contributed by atoms with Gasteiger partial charge in [-0.15, -0.1) is 0 Å². The van der Waals surface area contributed by atoms with Gasteiger partial charge in [0.05, 0.1) is 6.54 Å². The Balaban J connectivity index is 1.87. The highest BCUT2D eigenvalue weighted by Crippen LogP contribution is 2.23. The molecular weight excluding hydrogens is 366 g/mol. The van der Waals surface area contributed by atoms with Crippen LogP contribution in [-0.2, 0) is 11.3 Å². The predicted octanol–water partition coefficient (Wildman–Crippen LogP) is 2.08. The third-order valence-electron chi connectivity index (χ3n) is 4.68. The summed E-state index contributed by atoms with van der Waals surface area (Å²) in [7, 11) is 0. The highest BCUT2D eigenvalue weighted by molar-refractivity contribution is 5.79. The SMILES string of the molecule is CCNC(=NCc1ccccc1OC(C)(C)C)NCCN1CCN(C(C)=O)CC1. The molecule has 0 aliphatic carbocycles. The van der Waals surface area contributed by atoms with E-state index in [0.717, 1.165) is 63.1 Å². The molecule has 1 aliphatic heterocycles. The van der Waals surface area contributed by atoms with Crippen molar-refractivity contribution in [1.29, 1.82) is 0 Å². The maximum Gasteiger partial charge on any atom is 0.219 e. The van der Waals surface area contributed by atoms with E-state index in [2.05, 4.69) is 49.3 Å². The number of amides is 1. The van der Waals surface area contributed by atoms with Gasteiger partial charge in [0.2, 0.25) is 5.91 Å². The molecule has 0 bridgehead atoms. The first-order chi connectivity index (χ1) is 13.8. The van der Waals surface area contributed by atoms with Gasteiger partial charge in [-0.05, 0) is 33.8 Å². The van der Waals surface area contributed by atoms with Crippen molar-refractivity contribution >= 4 is 11.9 Å². The second kappa shape index (κ2) is 11.0. The summed E-state index contributed by atoms with van der Waals surface area (Å²) < 4.78 is 6.07. The number of nitrogens with zero attached hydrogens (tertiary/aromatic N) is 3. The number of nitrogens with one attached hydrogen (secondary N) is 2. The third kappa shape index (κ3) is 8.31. The van der Waals surface area contributed by atoms with Crippen LogP contribution in [0.1, 0.15) is 40.2 Å². The smallest absolute Gasteiger partial charge is 0.219 e. The Morgan fingerprint density at radius 2 is 1.83 bits per heavy atom. The van der Waals surface area contributed by atoms with Crippen molar-refractivity contribution in [3.05, 3.63) is 29.8 Å². The lowest BCUT2D eigenvalue weighted by Crippen LogP contribution is -2.50. The predicted molar refractivity (Wildman–Crippen MR) is 118 cm³/mol. The lowest BCUT2D eigenvalue weighted by molar-refractivity contribution is -0.130. The highest BCUT2D eigenvalue weighted by atomic mass is 16.5. The van der Waals surface area contributed by atoms with Crippen molar-refractivity contribution < 1.29 is 9.53 Å². The van der Waals surface area contributed by atoms with E-state index in [1.54, 1.807) is 6.92 Å². The van der Waals surface area contributed by atoms with Gasteiger partial charge in [-0.25, -0.2) is 4.99 Å². The number of hydrogen-bond donors (Lipinski definition) is 2. The lowest BCUT2D eigenvalue weighted by Gasteiger charge is -2.34. The van der Waals surface area contributed by atoms with Gasteiger partial charge in [0.1, 0.15) is 11.4 Å². The average Bonchev–Trinajstić information content (AvgIpc) is 2.66. The lowest BCUT2D eigenvalue weighted by atomic mass is 10.1. The van der Waals surface area contributed by atoms with E-state index in [1.807, 2.05) is 23.1 Å². The first-order valence-corrected chi connectivity index (χ1v) is 10.6. The van der Waals surface area contributed by atoms with Gasteiger partial charge in [-0.2, -0.15) is 0 Å². The molecule has 2 N–H and O–H groups in total. The third-order valence-corrected chi connectivity index (χ3v) is 4.68. The number of hydrogen-bond acceptors (Lipinski definition) is 4. The van der Waals surface area contributed by atoms with Gasteiger partial charge in [-0.1, -0.05) is 18.2 Å². The standard InChI is InChI=1S/C22H37N5O2/c1-6-23-21(24-11-12-26-13-15-27(16-14-26)18(2)28)25-17-19-9-7-8-10-20(19)29-22(3,4)5/h7-10H,6,11-17H2,1-5H3,(H2,23,24,25). The first-order valence-electron chi connectivity index (χ1n) is 10.6. The van der Waals surface area contributed by atoms with E-state index in [-0.39, 0.29) is 11.5 Å². The van der Waals surface area contributed by atoms with Crippen molar-refractivity contribution in [3.63, 3.8) is 0 Å². The van der Waals surface area contributed by atoms with Crippen molar-refractivity contribution in [1.82, 2.24) is 20.4 Å². The van der Waals surface area contributed by atoms with Crippen LogP contribution >= 0.6 is 0 Å². The molecule has 0 saturated carbocycles. The van der Waals surface area contributed by atoms with Gasteiger partial charge in [-0.3, -0.25) is 9.69 Å². The summed E-state index contributed by atoms with van der Waals surface area (Å²) in [6, 6.07) is 8.06. The molecule has 162 valence electrons.